The summed E-state index contributed by atoms with van der Waals surface area (Å²) in [7, 11) is 0. The van der Waals surface area contributed by atoms with E-state index in [1.165, 1.54) is 11.8 Å². The topological polar surface area (TPSA) is 76.1 Å². The molecule has 0 radical (unpaired) electrons. The fraction of sp³-hybridized carbons (Fsp3) is 0.818. The first kappa shape index (κ1) is 13.8. The zero-order valence-electron chi connectivity index (χ0n) is 10.6. The van der Waals surface area contributed by atoms with E-state index in [0.717, 1.165) is 0 Å². The molecule has 0 aliphatic carbocycles. The summed E-state index contributed by atoms with van der Waals surface area (Å²) < 4.78 is 10.4. The van der Waals surface area contributed by atoms with Crippen LogP contribution in [0.2, 0.25) is 0 Å². The van der Waals surface area contributed by atoms with Gasteiger partial charge in [0, 0.05) is 0 Å². The van der Waals surface area contributed by atoms with Crippen molar-refractivity contribution in [2.45, 2.75) is 45.5 Å². The Morgan fingerprint density at radius 3 is 2.29 bits per heavy atom. The number of hydrogen-bond donors (Lipinski definition) is 1. The summed E-state index contributed by atoms with van der Waals surface area (Å²) in [4.78, 5) is 23.6. The standard InChI is InChI=1S/C11H19NO5/c1-7(9(13)14)16-8-5-12(6-8)10(15)17-11(2,3)4/h7-8H,5-6H2,1-4H3,(H,13,14)/t7-/m1/s1. The van der Waals surface area contributed by atoms with Gasteiger partial charge in [0.2, 0.25) is 0 Å². The maximum Gasteiger partial charge on any atom is 0.410 e. The smallest absolute Gasteiger partial charge is 0.410 e. The number of rotatable bonds is 3. The molecular weight excluding hydrogens is 226 g/mol. The van der Waals surface area contributed by atoms with Crippen molar-refractivity contribution in [1.29, 1.82) is 0 Å². The first-order valence-corrected chi connectivity index (χ1v) is 5.55. The molecule has 1 atom stereocenters. The summed E-state index contributed by atoms with van der Waals surface area (Å²) in [6.07, 6.45) is -1.45. The van der Waals surface area contributed by atoms with E-state index in [-0.39, 0.29) is 12.2 Å². The molecule has 1 aliphatic rings. The van der Waals surface area contributed by atoms with E-state index in [1.54, 1.807) is 20.8 Å². The highest BCUT2D eigenvalue weighted by Crippen LogP contribution is 2.18. The Kier molecular flexibility index (Phi) is 3.98. The number of carbonyl (C=O) groups excluding carboxylic acids is 1. The SMILES string of the molecule is C[C@@H](OC1CN(C(=O)OC(C)(C)C)C1)C(=O)O. The van der Waals surface area contributed by atoms with Crippen LogP contribution in [-0.4, -0.2) is 53.0 Å². The molecule has 1 N–H and O–H groups in total. The average Bonchev–Trinajstić information content (AvgIpc) is 2.06. The zero-order chi connectivity index (χ0) is 13.2. The van der Waals surface area contributed by atoms with E-state index < -0.39 is 17.7 Å². The van der Waals surface area contributed by atoms with Crippen LogP contribution in [0.3, 0.4) is 0 Å². The normalized spacial score (nSPS) is 18.5. The second-order valence-electron chi connectivity index (χ2n) is 5.12. The Morgan fingerprint density at radius 2 is 1.88 bits per heavy atom. The molecule has 17 heavy (non-hydrogen) atoms. The highest BCUT2D eigenvalue weighted by molar-refractivity contribution is 5.72. The highest BCUT2D eigenvalue weighted by atomic mass is 16.6. The molecular formula is C11H19NO5. The Bertz CT molecular complexity index is 303. The number of carboxylic acids is 1. The quantitative estimate of drug-likeness (QED) is 0.805. The van der Waals surface area contributed by atoms with Gasteiger partial charge in [0.15, 0.2) is 6.10 Å². The Labute approximate surface area is 100 Å². The summed E-state index contributed by atoms with van der Waals surface area (Å²) in [6, 6.07) is 0. The van der Waals surface area contributed by atoms with Crippen LogP contribution in [-0.2, 0) is 14.3 Å². The molecule has 0 spiro atoms. The molecule has 0 unspecified atom stereocenters. The van der Waals surface area contributed by atoms with Crippen molar-refractivity contribution in [3.8, 4) is 0 Å². The van der Waals surface area contributed by atoms with E-state index in [4.69, 9.17) is 14.6 Å². The van der Waals surface area contributed by atoms with E-state index in [1.807, 2.05) is 0 Å². The third kappa shape index (κ3) is 4.22. The Hall–Kier alpha value is -1.30. The van der Waals surface area contributed by atoms with Crippen LogP contribution in [0.1, 0.15) is 27.7 Å². The minimum Gasteiger partial charge on any atom is -0.479 e. The van der Waals surface area contributed by atoms with Gasteiger partial charge in [-0.25, -0.2) is 9.59 Å². The van der Waals surface area contributed by atoms with Crippen molar-refractivity contribution in [3.05, 3.63) is 0 Å². The number of nitrogens with zero attached hydrogens (tertiary/aromatic N) is 1. The number of carboxylic acid groups (broad SMARTS) is 1. The average molecular weight is 245 g/mol. The molecule has 0 aromatic heterocycles. The van der Waals surface area contributed by atoms with Gasteiger partial charge in [-0.05, 0) is 27.7 Å². The molecule has 1 amide bonds. The molecule has 1 rings (SSSR count). The monoisotopic (exact) mass is 245 g/mol. The van der Waals surface area contributed by atoms with Gasteiger partial charge >= 0.3 is 12.1 Å². The molecule has 0 aromatic carbocycles. The molecule has 1 heterocycles. The van der Waals surface area contributed by atoms with Crippen LogP contribution in [0.15, 0.2) is 0 Å². The van der Waals surface area contributed by atoms with Gasteiger partial charge < -0.3 is 19.5 Å². The first-order chi connectivity index (χ1) is 7.69. The summed E-state index contributed by atoms with van der Waals surface area (Å²) in [5, 5.41) is 8.65. The fourth-order valence-corrected chi connectivity index (χ4v) is 1.35. The lowest BCUT2D eigenvalue weighted by atomic mass is 10.1. The molecule has 1 aliphatic heterocycles. The summed E-state index contributed by atoms with van der Waals surface area (Å²) >= 11 is 0. The van der Waals surface area contributed by atoms with Crippen molar-refractivity contribution >= 4 is 12.1 Å². The van der Waals surface area contributed by atoms with Gasteiger partial charge in [-0.3, -0.25) is 0 Å². The number of likely N-dealkylation sites (tertiary alicyclic amines) is 1. The van der Waals surface area contributed by atoms with Crippen LogP contribution in [0.25, 0.3) is 0 Å². The molecule has 6 nitrogen and oxygen atoms in total. The molecule has 98 valence electrons. The molecule has 0 bridgehead atoms. The van der Waals surface area contributed by atoms with Crippen molar-refractivity contribution in [3.63, 3.8) is 0 Å². The van der Waals surface area contributed by atoms with Crippen molar-refractivity contribution in [1.82, 2.24) is 4.90 Å². The Balaban J connectivity index is 2.27. The molecule has 1 fully saturated rings. The summed E-state index contributed by atoms with van der Waals surface area (Å²) in [5.41, 5.74) is -0.516. The number of aliphatic carboxylic acids is 1. The third-order valence-corrected chi connectivity index (χ3v) is 2.24. The third-order valence-electron chi connectivity index (χ3n) is 2.24. The highest BCUT2D eigenvalue weighted by Gasteiger charge is 2.35. The summed E-state index contributed by atoms with van der Waals surface area (Å²) in [6.45, 7) is 7.62. The van der Waals surface area contributed by atoms with E-state index in [9.17, 15) is 9.59 Å². The van der Waals surface area contributed by atoms with E-state index >= 15 is 0 Å². The Morgan fingerprint density at radius 1 is 1.35 bits per heavy atom. The van der Waals surface area contributed by atoms with Crippen molar-refractivity contribution in [2.75, 3.05) is 13.1 Å². The predicted octanol–water partition coefficient (Wildman–Crippen LogP) is 1.10. The molecule has 0 saturated carbocycles. The maximum absolute atomic E-state index is 11.5. The largest absolute Gasteiger partial charge is 0.479 e. The second kappa shape index (κ2) is 4.91. The van der Waals surface area contributed by atoms with E-state index in [2.05, 4.69) is 0 Å². The van der Waals surface area contributed by atoms with E-state index in [0.29, 0.717) is 13.1 Å². The van der Waals surface area contributed by atoms with Crippen molar-refractivity contribution < 1.29 is 24.2 Å². The van der Waals surface area contributed by atoms with Gasteiger partial charge in [-0.1, -0.05) is 0 Å². The molecule has 6 heteroatoms. The predicted molar refractivity (Wildman–Crippen MR) is 59.8 cm³/mol. The van der Waals surface area contributed by atoms with Crippen LogP contribution < -0.4 is 0 Å². The van der Waals surface area contributed by atoms with Gasteiger partial charge in [0.25, 0.3) is 0 Å². The number of ether oxygens (including phenoxy) is 2. The minimum atomic E-state index is -0.999. The van der Waals surface area contributed by atoms with Crippen LogP contribution >= 0.6 is 0 Å². The number of hydrogen-bond acceptors (Lipinski definition) is 4. The minimum absolute atomic E-state index is 0.214. The van der Waals surface area contributed by atoms with Gasteiger partial charge in [0.05, 0.1) is 19.2 Å². The van der Waals surface area contributed by atoms with Gasteiger partial charge in [0.1, 0.15) is 5.60 Å². The number of amides is 1. The van der Waals surface area contributed by atoms with Gasteiger partial charge in [-0.2, -0.15) is 0 Å². The van der Waals surface area contributed by atoms with Crippen molar-refractivity contribution in [2.24, 2.45) is 0 Å². The molecule has 0 aromatic rings. The van der Waals surface area contributed by atoms with Crippen LogP contribution in [0.5, 0.6) is 0 Å². The second-order valence-corrected chi connectivity index (χ2v) is 5.12. The lowest BCUT2D eigenvalue weighted by Gasteiger charge is -2.39. The zero-order valence-corrected chi connectivity index (χ0v) is 10.6. The number of carbonyl (C=O) groups is 2. The lowest BCUT2D eigenvalue weighted by Crippen LogP contribution is -2.57. The first-order valence-electron chi connectivity index (χ1n) is 5.55. The fourth-order valence-electron chi connectivity index (χ4n) is 1.35. The maximum atomic E-state index is 11.5. The summed E-state index contributed by atoms with van der Waals surface area (Å²) in [5.74, 6) is -0.999. The van der Waals surface area contributed by atoms with Crippen LogP contribution in [0.4, 0.5) is 4.79 Å². The van der Waals surface area contributed by atoms with Gasteiger partial charge in [-0.15, -0.1) is 0 Å². The van der Waals surface area contributed by atoms with Crippen LogP contribution in [0, 0.1) is 0 Å². The molecule has 1 saturated heterocycles. The lowest BCUT2D eigenvalue weighted by molar-refractivity contribution is -0.158.